The Labute approximate surface area is 285 Å². The molecule has 10 nitrogen and oxygen atoms in total. The fourth-order valence-electron chi connectivity index (χ4n) is 12.5. The molecule has 8 fully saturated rings. The van der Waals surface area contributed by atoms with Crippen molar-refractivity contribution in [2.24, 2.45) is 57.2 Å². The zero-order chi connectivity index (χ0) is 34.1. The Morgan fingerprint density at radius 2 is 1.19 bits per heavy atom. The summed E-state index contributed by atoms with van der Waals surface area (Å²) in [7, 11) is -4.29. The largest absolute Gasteiger partial charge is 0.316 e. The highest BCUT2D eigenvalue weighted by Crippen LogP contribution is 2.71. The zero-order valence-corrected chi connectivity index (χ0v) is 32.0. The van der Waals surface area contributed by atoms with E-state index in [1.54, 1.807) is 0 Å². The van der Waals surface area contributed by atoms with Crippen molar-refractivity contribution in [1.29, 1.82) is 0 Å². The Balaban J connectivity index is 0.000000150. The smallest absolute Gasteiger partial charge is 0.241 e. The summed E-state index contributed by atoms with van der Waals surface area (Å²) in [5.41, 5.74) is -0.378. The number of nitrogens with one attached hydrogen (secondary N) is 1. The third kappa shape index (κ3) is 4.61. The average molecular weight is 713 g/mol. The van der Waals surface area contributed by atoms with Crippen LogP contribution >= 0.6 is 9.39 Å². The second kappa shape index (κ2) is 11.1. The normalized spacial score (nSPS) is 46.0. The van der Waals surface area contributed by atoms with E-state index in [-0.39, 0.29) is 80.7 Å². The Bertz CT molecular complexity index is 1550. The van der Waals surface area contributed by atoms with Gasteiger partial charge in [-0.1, -0.05) is 63.8 Å². The number of sulfonamides is 2. The van der Waals surface area contributed by atoms with Crippen molar-refractivity contribution in [1.82, 2.24) is 18.6 Å². The van der Waals surface area contributed by atoms with Gasteiger partial charge in [0.2, 0.25) is 31.9 Å². The highest BCUT2D eigenvalue weighted by molar-refractivity contribution is 7.90. The van der Waals surface area contributed by atoms with Crippen LogP contribution in [0.4, 0.5) is 0 Å². The van der Waals surface area contributed by atoms with Crippen LogP contribution in [-0.2, 0) is 29.6 Å². The van der Waals surface area contributed by atoms with Crippen molar-refractivity contribution in [3.8, 4) is 0 Å². The molecule has 2 amide bonds. The molecule has 266 valence electrons. The van der Waals surface area contributed by atoms with Gasteiger partial charge in [-0.2, -0.15) is 0 Å². The number of fused-ring (bicyclic) bond motifs is 2. The Morgan fingerprint density at radius 3 is 1.64 bits per heavy atom. The molecule has 11 atom stereocenters. The number of carbonyl (C=O) groups excluding carboxylic acids is 2. The average Bonchev–Trinajstić information content (AvgIpc) is 3.84. The molecule has 3 unspecified atom stereocenters. The van der Waals surface area contributed by atoms with Crippen LogP contribution in [0.1, 0.15) is 92.9 Å². The lowest BCUT2D eigenvalue weighted by Gasteiger charge is -2.37. The van der Waals surface area contributed by atoms with Crippen LogP contribution in [0.15, 0.2) is 0 Å². The van der Waals surface area contributed by atoms with E-state index in [1.807, 2.05) is 0 Å². The van der Waals surface area contributed by atoms with Gasteiger partial charge in [-0.3, -0.25) is 14.3 Å². The van der Waals surface area contributed by atoms with Crippen LogP contribution in [-0.4, -0.2) is 91.7 Å². The SMILES string of the molecule is CC[C@@H]1CN(P)C[C@@H]1C(=O)N1[C@H]2CC3CC[C@@]2(CS1(=O)=O)C3(C)C.CC[C@@H]1CNC[C@@H]1C(=O)N1[C@H]2CC3CC[C@@]2(CS1(=O)=O)C3(C)C. The molecule has 4 saturated heterocycles. The monoisotopic (exact) mass is 712 g/mol. The van der Waals surface area contributed by atoms with Crippen molar-refractivity contribution in [2.75, 3.05) is 37.7 Å². The molecule has 0 radical (unpaired) electrons. The first-order valence-electron chi connectivity index (χ1n) is 18.2. The van der Waals surface area contributed by atoms with Gasteiger partial charge in [0.05, 0.1) is 35.4 Å². The number of rotatable bonds is 4. The lowest BCUT2D eigenvalue weighted by Crippen LogP contribution is -2.47. The van der Waals surface area contributed by atoms with E-state index in [0.717, 1.165) is 64.5 Å². The van der Waals surface area contributed by atoms with Gasteiger partial charge in [-0.15, -0.1) is 0 Å². The molecule has 4 heterocycles. The summed E-state index contributed by atoms with van der Waals surface area (Å²) in [5.74, 6) is 1.37. The van der Waals surface area contributed by atoms with Crippen molar-refractivity contribution in [3.05, 3.63) is 0 Å². The first-order chi connectivity index (χ1) is 21.9. The fraction of sp³-hybridized carbons (Fsp3) is 0.941. The van der Waals surface area contributed by atoms with Crippen LogP contribution in [0, 0.1) is 57.2 Å². The molecule has 0 aromatic carbocycles. The first-order valence-corrected chi connectivity index (χ1v) is 21.9. The molecular formula is C34H57N4O6PS2. The minimum Gasteiger partial charge on any atom is -0.316 e. The third-order valence-electron chi connectivity index (χ3n) is 15.7. The van der Waals surface area contributed by atoms with Gasteiger partial charge in [0.1, 0.15) is 0 Å². The molecule has 0 aromatic rings. The van der Waals surface area contributed by atoms with Gasteiger partial charge in [0, 0.05) is 30.5 Å². The molecular weight excluding hydrogens is 656 g/mol. The molecule has 13 heteroatoms. The number of carbonyl (C=O) groups is 2. The highest BCUT2D eigenvalue weighted by atomic mass is 32.2. The van der Waals surface area contributed by atoms with Crippen molar-refractivity contribution >= 4 is 41.3 Å². The molecule has 0 aromatic heterocycles. The van der Waals surface area contributed by atoms with Gasteiger partial charge in [0.15, 0.2) is 0 Å². The van der Waals surface area contributed by atoms with Crippen LogP contribution < -0.4 is 5.32 Å². The summed E-state index contributed by atoms with van der Waals surface area (Å²) >= 11 is 0. The standard InChI is InChI=1S/C17H29N2O3PS.C17H28N2O3S/c1-4-11-8-18(23)9-13(11)15(20)19-14-7-12-5-6-17(14,16(12,2)3)10-24(19,21)22;1-4-11-8-18-9-13(11)15(20)19-14-7-12-5-6-17(14,16(12,2)3)10-23(19,21)22/h11-14H,4-10,23H2,1-3H3;11-14,18H,4-10H2,1-3H3/t2*11-,12?,13+,14+,17+/m11/s1. The van der Waals surface area contributed by atoms with E-state index in [1.165, 1.54) is 8.61 Å². The van der Waals surface area contributed by atoms with Crippen molar-refractivity contribution < 1.29 is 26.4 Å². The molecule has 1 N–H and O–H groups in total. The zero-order valence-electron chi connectivity index (χ0n) is 29.2. The van der Waals surface area contributed by atoms with Crippen LogP contribution in [0.25, 0.3) is 0 Å². The topological polar surface area (TPSA) is 124 Å². The molecule has 4 aliphatic heterocycles. The van der Waals surface area contributed by atoms with Gasteiger partial charge in [-0.25, -0.2) is 25.4 Å². The summed E-state index contributed by atoms with van der Waals surface area (Å²) in [4.78, 5) is 26.5. The fourth-order valence-corrected chi connectivity index (χ4v) is 18.2. The Morgan fingerprint density at radius 1 is 0.723 bits per heavy atom. The van der Waals surface area contributed by atoms with E-state index in [4.69, 9.17) is 0 Å². The molecule has 2 spiro atoms. The first kappa shape index (κ1) is 34.6. The molecule has 4 aliphatic carbocycles. The summed E-state index contributed by atoms with van der Waals surface area (Å²) in [5, 5.41) is 3.27. The number of nitrogens with zero attached hydrogens (tertiary/aromatic N) is 3. The molecule has 4 bridgehead atoms. The predicted molar refractivity (Wildman–Crippen MR) is 185 cm³/mol. The quantitative estimate of drug-likeness (QED) is 0.438. The molecule has 47 heavy (non-hydrogen) atoms. The van der Waals surface area contributed by atoms with E-state index in [9.17, 15) is 26.4 Å². The molecule has 8 aliphatic rings. The van der Waals surface area contributed by atoms with Crippen LogP contribution in [0.2, 0.25) is 0 Å². The minimum atomic E-state index is -3.49. The third-order valence-corrected chi connectivity index (χ3v) is 20.0. The van der Waals surface area contributed by atoms with E-state index in [0.29, 0.717) is 24.9 Å². The van der Waals surface area contributed by atoms with Crippen molar-refractivity contribution in [2.45, 2.75) is 105 Å². The van der Waals surface area contributed by atoms with E-state index < -0.39 is 20.0 Å². The lowest BCUT2D eigenvalue weighted by atomic mass is 9.69. The van der Waals surface area contributed by atoms with Gasteiger partial charge < -0.3 is 5.32 Å². The minimum absolute atomic E-state index is 0.0201. The van der Waals surface area contributed by atoms with E-state index >= 15 is 0 Å². The summed E-state index contributed by atoms with van der Waals surface area (Å²) < 4.78 is 56.7. The second-order valence-corrected chi connectivity index (χ2v) is 22.1. The van der Waals surface area contributed by atoms with E-state index in [2.05, 4.69) is 60.9 Å². The maximum atomic E-state index is 13.3. The maximum absolute atomic E-state index is 13.3. The van der Waals surface area contributed by atoms with Gasteiger partial charge in [0.25, 0.3) is 0 Å². The molecule has 4 saturated carbocycles. The second-order valence-electron chi connectivity index (χ2n) is 17.7. The summed E-state index contributed by atoms with van der Waals surface area (Å²) in [6.07, 6.45) is 7.71. The number of amides is 2. The van der Waals surface area contributed by atoms with Gasteiger partial charge >= 0.3 is 0 Å². The van der Waals surface area contributed by atoms with Crippen LogP contribution in [0.3, 0.4) is 0 Å². The van der Waals surface area contributed by atoms with Crippen LogP contribution in [0.5, 0.6) is 0 Å². The lowest BCUT2D eigenvalue weighted by molar-refractivity contribution is -0.134. The maximum Gasteiger partial charge on any atom is 0.241 e. The Hall–Kier alpha value is -0.810. The predicted octanol–water partition coefficient (Wildman–Crippen LogP) is 3.70. The summed E-state index contributed by atoms with van der Waals surface area (Å²) in [6, 6.07) is -0.188. The number of hydrogen-bond acceptors (Lipinski definition) is 8. The number of hydrogen-bond donors (Lipinski definition) is 1. The van der Waals surface area contributed by atoms with Gasteiger partial charge in [-0.05, 0) is 79.6 Å². The van der Waals surface area contributed by atoms with Crippen molar-refractivity contribution in [3.63, 3.8) is 0 Å². The Kier molecular flexibility index (Phi) is 8.17. The highest BCUT2D eigenvalue weighted by Gasteiger charge is 2.74. The summed E-state index contributed by atoms with van der Waals surface area (Å²) in [6.45, 7) is 16.0. The molecule has 8 rings (SSSR count).